The van der Waals surface area contributed by atoms with Gasteiger partial charge < -0.3 is 4.74 Å². The molecule has 1 heterocycles. The summed E-state index contributed by atoms with van der Waals surface area (Å²) in [6, 6.07) is 4.06. The highest BCUT2D eigenvalue weighted by atomic mass is 16.5. The standard InChI is InChI=1S/C10H13NO/c1-12-10(5-3-6-10)9-4-2-7-11-8-9/h2,4,7-8H,3,5-6H2,1H3. The Kier molecular flexibility index (Phi) is 1.85. The molecule has 1 aromatic heterocycles. The van der Waals surface area contributed by atoms with Crippen molar-refractivity contribution in [2.75, 3.05) is 7.11 Å². The molecule has 0 bridgehead atoms. The van der Waals surface area contributed by atoms with Crippen molar-refractivity contribution in [2.45, 2.75) is 24.9 Å². The minimum Gasteiger partial charge on any atom is -0.373 e. The van der Waals surface area contributed by atoms with Crippen LogP contribution in [0, 0.1) is 0 Å². The summed E-state index contributed by atoms with van der Waals surface area (Å²) < 4.78 is 5.52. The highest BCUT2D eigenvalue weighted by Crippen LogP contribution is 2.43. The summed E-state index contributed by atoms with van der Waals surface area (Å²) >= 11 is 0. The third-order valence-corrected chi connectivity index (χ3v) is 2.74. The minimum absolute atomic E-state index is 0.00569. The van der Waals surface area contributed by atoms with Crippen molar-refractivity contribution < 1.29 is 4.74 Å². The third kappa shape index (κ3) is 1.03. The van der Waals surface area contributed by atoms with Gasteiger partial charge in [0.05, 0.1) is 5.60 Å². The molecule has 1 fully saturated rings. The lowest BCUT2D eigenvalue weighted by molar-refractivity contribution is -0.0780. The lowest BCUT2D eigenvalue weighted by Crippen LogP contribution is -2.36. The number of aromatic nitrogens is 1. The van der Waals surface area contributed by atoms with Crippen LogP contribution >= 0.6 is 0 Å². The Morgan fingerprint density at radius 3 is 2.75 bits per heavy atom. The van der Waals surface area contributed by atoms with E-state index in [2.05, 4.69) is 11.1 Å². The van der Waals surface area contributed by atoms with Crippen molar-refractivity contribution in [1.29, 1.82) is 0 Å². The van der Waals surface area contributed by atoms with Crippen LogP contribution < -0.4 is 0 Å². The second-order valence-corrected chi connectivity index (χ2v) is 3.29. The molecule has 1 aliphatic carbocycles. The Balaban J connectivity index is 2.28. The van der Waals surface area contributed by atoms with Crippen molar-refractivity contribution in [2.24, 2.45) is 0 Å². The molecule has 1 aliphatic rings. The molecule has 0 saturated heterocycles. The fourth-order valence-corrected chi connectivity index (χ4v) is 1.74. The minimum atomic E-state index is -0.00569. The Labute approximate surface area is 72.6 Å². The molecule has 0 N–H and O–H groups in total. The van der Waals surface area contributed by atoms with E-state index in [0.717, 1.165) is 12.8 Å². The number of methoxy groups -OCH3 is 1. The monoisotopic (exact) mass is 163 g/mol. The van der Waals surface area contributed by atoms with Gasteiger partial charge in [-0.25, -0.2) is 0 Å². The summed E-state index contributed by atoms with van der Waals surface area (Å²) in [5.74, 6) is 0. The average molecular weight is 163 g/mol. The van der Waals surface area contributed by atoms with Crippen LogP contribution in [0.4, 0.5) is 0 Å². The van der Waals surface area contributed by atoms with E-state index in [1.54, 1.807) is 13.3 Å². The van der Waals surface area contributed by atoms with Gasteiger partial charge in [-0.1, -0.05) is 6.07 Å². The number of hydrogen-bond donors (Lipinski definition) is 0. The van der Waals surface area contributed by atoms with Gasteiger partial charge in [-0.15, -0.1) is 0 Å². The fraction of sp³-hybridized carbons (Fsp3) is 0.500. The molecular weight excluding hydrogens is 150 g/mol. The van der Waals surface area contributed by atoms with Crippen molar-refractivity contribution in [1.82, 2.24) is 4.98 Å². The predicted molar refractivity (Wildman–Crippen MR) is 46.8 cm³/mol. The maximum absolute atomic E-state index is 5.52. The van der Waals surface area contributed by atoms with E-state index in [1.807, 2.05) is 12.3 Å². The van der Waals surface area contributed by atoms with Gasteiger partial charge in [0.25, 0.3) is 0 Å². The molecule has 12 heavy (non-hydrogen) atoms. The molecule has 2 rings (SSSR count). The van der Waals surface area contributed by atoms with Gasteiger partial charge >= 0.3 is 0 Å². The molecule has 64 valence electrons. The maximum atomic E-state index is 5.52. The topological polar surface area (TPSA) is 22.1 Å². The predicted octanol–water partition coefficient (Wildman–Crippen LogP) is 2.11. The van der Waals surface area contributed by atoms with Crippen molar-refractivity contribution in [3.63, 3.8) is 0 Å². The normalized spacial score (nSPS) is 20.1. The van der Waals surface area contributed by atoms with Crippen LogP contribution in [0.5, 0.6) is 0 Å². The van der Waals surface area contributed by atoms with Gasteiger partial charge in [0.2, 0.25) is 0 Å². The average Bonchev–Trinajstić information content (AvgIpc) is 2.05. The van der Waals surface area contributed by atoms with Gasteiger partial charge in [-0.3, -0.25) is 4.98 Å². The number of ether oxygens (including phenoxy) is 1. The SMILES string of the molecule is COC1(c2cccnc2)CCC1. The first-order chi connectivity index (χ1) is 5.87. The molecule has 0 spiro atoms. The number of pyridine rings is 1. The Hall–Kier alpha value is -0.890. The zero-order valence-electron chi connectivity index (χ0n) is 7.29. The van der Waals surface area contributed by atoms with Crippen LogP contribution in [0.15, 0.2) is 24.5 Å². The molecule has 0 atom stereocenters. The highest BCUT2D eigenvalue weighted by Gasteiger charge is 2.38. The van der Waals surface area contributed by atoms with Gasteiger partial charge in [-0.2, -0.15) is 0 Å². The van der Waals surface area contributed by atoms with Crippen LogP contribution in [0.2, 0.25) is 0 Å². The van der Waals surface area contributed by atoms with E-state index in [9.17, 15) is 0 Å². The van der Waals surface area contributed by atoms with Crippen molar-refractivity contribution >= 4 is 0 Å². The van der Waals surface area contributed by atoms with E-state index in [4.69, 9.17) is 4.74 Å². The zero-order chi connectivity index (χ0) is 8.44. The Morgan fingerprint density at radius 2 is 2.33 bits per heavy atom. The third-order valence-electron chi connectivity index (χ3n) is 2.74. The van der Waals surface area contributed by atoms with Gasteiger partial charge in [0.15, 0.2) is 0 Å². The summed E-state index contributed by atoms with van der Waals surface area (Å²) in [5.41, 5.74) is 1.22. The van der Waals surface area contributed by atoms with Crippen LogP contribution in [-0.4, -0.2) is 12.1 Å². The number of hydrogen-bond acceptors (Lipinski definition) is 2. The van der Waals surface area contributed by atoms with E-state index in [-0.39, 0.29) is 5.60 Å². The molecule has 0 unspecified atom stereocenters. The first kappa shape index (κ1) is 7.74. The molecular formula is C10H13NO. The summed E-state index contributed by atoms with van der Waals surface area (Å²) in [7, 11) is 1.78. The molecule has 2 nitrogen and oxygen atoms in total. The second-order valence-electron chi connectivity index (χ2n) is 3.29. The summed E-state index contributed by atoms with van der Waals surface area (Å²) in [4.78, 5) is 4.10. The van der Waals surface area contributed by atoms with E-state index in [0.29, 0.717) is 0 Å². The Morgan fingerprint density at radius 1 is 1.50 bits per heavy atom. The van der Waals surface area contributed by atoms with Crippen LogP contribution in [0.1, 0.15) is 24.8 Å². The highest BCUT2D eigenvalue weighted by molar-refractivity contribution is 5.21. The molecule has 0 radical (unpaired) electrons. The van der Waals surface area contributed by atoms with Gasteiger partial charge in [0, 0.05) is 25.1 Å². The summed E-state index contributed by atoms with van der Waals surface area (Å²) in [5, 5.41) is 0. The van der Waals surface area contributed by atoms with Gasteiger partial charge in [-0.05, 0) is 25.3 Å². The molecule has 1 saturated carbocycles. The lowest BCUT2D eigenvalue weighted by Gasteiger charge is -2.40. The van der Waals surface area contributed by atoms with Crippen LogP contribution in [0.25, 0.3) is 0 Å². The quantitative estimate of drug-likeness (QED) is 0.666. The van der Waals surface area contributed by atoms with Crippen LogP contribution in [-0.2, 0) is 10.3 Å². The fourth-order valence-electron chi connectivity index (χ4n) is 1.74. The first-order valence-electron chi connectivity index (χ1n) is 4.33. The van der Waals surface area contributed by atoms with E-state index in [1.165, 1.54) is 12.0 Å². The molecule has 2 heteroatoms. The number of rotatable bonds is 2. The summed E-state index contributed by atoms with van der Waals surface area (Å²) in [6.07, 6.45) is 7.24. The van der Waals surface area contributed by atoms with Crippen molar-refractivity contribution in [3.8, 4) is 0 Å². The molecule has 1 aromatic rings. The Bertz CT molecular complexity index is 248. The molecule has 0 aliphatic heterocycles. The molecule has 0 amide bonds. The first-order valence-corrected chi connectivity index (χ1v) is 4.33. The number of nitrogens with zero attached hydrogens (tertiary/aromatic N) is 1. The summed E-state index contributed by atoms with van der Waals surface area (Å²) in [6.45, 7) is 0. The smallest absolute Gasteiger partial charge is 0.0942 e. The van der Waals surface area contributed by atoms with Crippen LogP contribution in [0.3, 0.4) is 0 Å². The molecule has 0 aromatic carbocycles. The van der Waals surface area contributed by atoms with Crippen molar-refractivity contribution in [3.05, 3.63) is 30.1 Å². The lowest BCUT2D eigenvalue weighted by atomic mass is 9.75. The maximum Gasteiger partial charge on any atom is 0.0942 e. The largest absolute Gasteiger partial charge is 0.373 e. The van der Waals surface area contributed by atoms with E-state index < -0.39 is 0 Å². The zero-order valence-corrected chi connectivity index (χ0v) is 7.29. The van der Waals surface area contributed by atoms with E-state index >= 15 is 0 Å². The second kappa shape index (κ2) is 2.87. The van der Waals surface area contributed by atoms with Gasteiger partial charge in [0.1, 0.15) is 0 Å².